The highest BCUT2D eigenvalue weighted by atomic mass is 32.2. The van der Waals surface area contributed by atoms with E-state index in [9.17, 15) is 21.6 Å². The zero-order valence-corrected chi connectivity index (χ0v) is 13.4. The number of hydrogen-bond donors (Lipinski definition) is 0. The summed E-state index contributed by atoms with van der Waals surface area (Å²) in [5.41, 5.74) is -4.13. The van der Waals surface area contributed by atoms with Gasteiger partial charge in [-0.25, -0.2) is 0 Å². The molecule has 0 bridgehead atoms. The molecule has 0 aliphatic carbocycles. The Labute approximate surface area is 133 Å². The lowest BCUT2D eigenvalue weighted by molar-refractivity contribution is -0.0522. The third kappa shape index (κ3) is 3.87. The van der Waals surface area contributed by atoms with Gasteiger partial charge in [0.05, 0.1) is 12.2 Å². The number of allylic oxidation sites excluding steroid dienone is 1. The van der Waals surface area contributed by atoms with Crippen LogP contribution in [0.2, 0.25) is 0 Å². The Morgan fingerprint density at radius 2 is 1.91 bits per heavy atom. The van der Waals surface area contributed by atoms with E-state index in [1.54, 1.807) is 0 Å². The van der Waals surface area contributed by atoms with E-state index in [1.807, 2.05) is 37.3 Å². The fraction of sp³-hybridized carbons (Fsp3) is 0.467. The monoisotopic (exact) mass is 350 g/mol. The molecule has 128 valence electrons. The van der Waals surface area contributed by atoms with E-state index in [4.69, 9.17) is 4.74 Å². The van der Waals surface area contributed by atoms with Crippen LogP contribution in [0.3, 0.4) is 0 Å². The van der Waals surface area contributed by atoms with Crippen LogP contribution in [0.5, 0.6) is 0 Å². The normalized spacial score (nSPS) is 24.6. The van der Waals surface area contributed by atoms with Gasteiger partial charge < -0.3 is 8.92 Å². The van der Waals surface area contributed by atoms with Gasteiger partial charge in [0, 0.05) is 12.0 Å². The first-order valence-electron chi connectivity index (χ1n) is 7.06. The van der Waals surface area contributed by atoms with Crippen molar-refractivity contribution in [2.45, 2.75) is 44.4 Å². The summed E-state index contributed by atoms with van der Waals surface area (Å²) in [7, 11) is -5.66. The Kier molecular flexibility index (Phi) is 5.05. The molecule has 2 unspecified atom stereocenters. The summed E-state index contributed by atoms with van der Waals surface area (Å²) in [5.74, 6) is -0.271. The van der Waals surface area contributed by atoms with Crippen molar-refractivity contribution >= 4 is 10.1 Å². The van der Waals surface area contributed by atoms with Gasteiger partial charge >= 0.3 is 15.6 Å². The fourth-order valence-electron chi connectivity index (χ4n) is 2.50. The van der Waals surface area contributed by atoms with Gasteiger partial charge in [-0.2, -0.15) is 21.6 Å². The third-order valence-electron chi connectivity index (χ3n) is 3.64. The van der Waals surface area contributed by atoms with Gasteiger partial charge in [0.1, 0.15) is 5.76 Å². The zero-order chi connectivity index (χ0) is 17.3. The van der Waals surface area contributed by atoms with Crippen LogP contribution in [0.1, 0.15) is 38.4 Å². The Morgan fingerprint density at radius 1 is 1.30 bits per heavy atom. The molecular weight excluding hydrogens is 333 g/mol. The molecular formula is C15H17F3O4S. The standard InChI is InChI=1S/C15H17F3O4S/c1-3-13-12(10(2)22-23(19,20)15(16,17)18)9-14(21-13)11-7-5-4-6-8-11/h4-8,13-14H,3,9H2,1-2H3/b12-10-. The molecule has 8 heteroatoms. The van der Waals surface area contributed by atoms with Crippen molar-refractivity contribution in [3.63, 3.8) is 0 Å². The molecule has 4 nitrogen and oxygen atoms in total. The van der Waals surface area contributed by atoms with Crippen LogP contribution in [0, 0.1) is 0 Å². The van der Waals surface area contributed by atoms with Crippen molar-refractivity contribution in [3.8, 4) is 0 Å². The number of rotatable bonds is 4. The minimum Gasteiger partial charge on any atom is -0.381 e. The Morgan fingerprint density at radius 3 is 2.43 bits per heavy atom. The molecule has 1 aliphatic rings. The van der Waals surface area contributed by atoms with Gasteiger partial charge in [0.25, 0.3) is 0 Å². The Balaban J connectivity index is 2.27. The molecule has 0 saturated carbocycles. The maximum absolute atomic E-state index is 12.4. The van der Waals surface area contributed by atoms with Crippen molar-refractivity contribution in [2.75, 3.05) is 0 Å². The molecule has 0 radical (unpaired) electrons. The second-order valence-electron chi connectivity index (χ2n) is 5.20. The molecule has 0 amide bonds. The first-order chi connectivity index (χ1) is 10.7. The highest BCUT2D eigenvalue weighted by Gasteiger charge is 2.49. The van der Waals surface area contributed by atoms with E-state index < -0.39 is 21.7 Å². The van der Waals surface area contributed by atoms with E-state index >= 15 is 0 Å². The van der Waals surface area contributed by atoms with Crippen LogP contribution in [-0.2, 0) is 19.0 Å². The van der Waals surface area contributed by atoms with E-state index in [0.717, 1.165) is 5.56 Å². The molecule has 0 spiro atoms. The second-order valence-corrected chi connectivity index (χ2v) is 6.74. The second kappa shape index (κ2) is 6.52. The predicted molar refractivity (Wildman–Crippen MR) is 77.7 cm³/mol. The lowest BCUT2D eigenvalue weighted by Crippen LogP contribution is -2.25. The van der Waals surface area contributed by atoms with Crippen molar-refractivity contribution in [1.82, 2.24) is 0 Å². The van der Waals surface area contributed by atoms with Crippen LogP contribution in [-0.4, -0.2) is 20.0 Å². The van der Waals surface area contributed by atoms with Gasteiger partial charge in [-0.1, -0.05) is 37.3 Å². The van der Waals surface area contributed by atoms with Gasteiger partial charge in [-0.05, 0) is 18.9 Å². The first kappa shape index (κ1) is 17.8. The maximum atomic E-state index is 12.4. The van der Waals surface area contributed by atoms with E-state index in [1.165, 1.54) is 6.92 Å². The number of benzene rings is 1. The lowest BCUT2D eigenvalue weighted by atomic mass is 10.0. The van der Waals surface area contributed by atoms with Crippen molar-refractivity contribution in [2.24, 2.45) is 0 Å². The minimum absolute atomic E-state index is 0.271. The molecule has 1 aliphatic heterocycles. The number of ether oxygens (including phenoxy) is 1. The number of halogens is 3. The van der Waals surface area contributed by atoms with E-state index in [-0.39, 0.29) is 11.9 Å². The van der Waals surface area contributed by atoms with Gasteiger partial charge in [0.15, 0.2) is 0 Å². The van der Waals surface area contributed by atoms with Gasteiger partial charge in [-0.3, -0.25) is 0 Å². The summed E-state index contributed by atoms with van der Waals surface area (Å²) >= 11 is 0. The van der Waals surface area contributed by atoms with Crippen LogP contribution in [0.25, 0.3) is 0 Å². The average molecular weight is 350 g/mol. The maximum Gasteiger partial charge on any atom is 0.534 e. The summed E-state index contributed by atoms with van der Waals surface area (Å²) in [6, 6.07) is 9.21. The summed E-state index contributed by atoms with van der Waals surface area (Å²) in [5, 5.41) is 0. The zero-order valence-electron chi connectivity index (χ0n) is 12.6. The summed E-state index contributed by atoms with van der Waals surface area (Å²) in [6.45, 7) is 3.03. The van der Waals surface area contributed by atoms with Crippen molar-refractivity contribution < 1.29 is 30.5 Å². The number of alkyl halides is 3. The molecule has 1 aromatic rings. The van der Waals surface area contributed by atoms with Crippen LogP contribution in [0.15, 0.2) is 41.7 Å². The highest BCUT2D eigenvalue weighted by Crippen LogP contribution is 2.40. The molecule has 2 rings (SSSR count). The quantitative estimate of drug-likeness (QED) is 0.467. The molecule has 1 saturated heterocycles. The molecule has 1 fully saturated rings. The predicted octanol–water partition coefficient (Wildman–Crippen LogP) is 4.07. The first-order valence-corrected chi connectivity index (χ1v) is 8.47. The Bertz CT molecular complexity index is 680. The molecule has 2 atom stereocenters. The Hall–Kier alpha value is -1.54. The SMILES string of the molecule is CCC1OC(c2ccccc2)C/C1=C(\C)OS(=O)(=O)C(F)(F)F. The third-order valence-corrected chi connectivity index (χ3v) is 4.67. The van der Waals surface area contributed by atoms with Crippen LogP contribution >= 0.6 is 0 Å². The van der Waals surface area contributed by atoms with Crippen LogP contribution < -0.4 is 0 Å². The summed E-state index contributed by atoms with van der Waals surface area (Å²) < 4.78 is 69.7. The summed E-state index contributed by atoms with van der Waals surface area (Å²) in [4.78, 5) is 0. The minimum atomic E-state index is -5.66. The summed E-state index contributed by atoms with van der Waals surface area (Å²) in [6.07, 6.45) is -0.000366. The largest absolute Gasteiger partial charge is 0.534 e. The smallest absolute Gasteiger partial charge is 0.381 e. The van der Waals surface area contributed by atoms with Crippen molar-refractivity contribution in [3.05, 3.63) is 47.2 Å². The highest BCUT2D eigenvalue weighted by molar-refractivity contribution is 7.87. The molecule has 23 heavy (non-hydrogen) atoms. The van der Waals surface area contributed by atoms with Crippen LogP contribution in [0.4, 0.5) is 13.2 Å². The van der Waals surface area contributed by atoms with Gasteiger partial charge in [0.2, 0.25) is 0 Å². The van der Waals surface area contributed by atoms with E-state index in [0.29, 0.717) is 18.4 Å². The van der Waals surface area contributed by atoms with Crippen molar-refractivity contribution in [1.29, 1.82) is 0 Å². The molecule has 0 N–H and O–H groups in total. The molecule has 1 heterocycles. The molecule has 0 aromatic heterocycles. The fourth-order valence-corrected chi connectivity index (χ4v) is 3.03. The average Bonchev–Trinajstić information content (AvgIpc) is 2.91. The topological polar surface area (TPSA) is 52.6 Å². The molecule has 1 aromatic carbocycles. The van der Waals surface area contributed by atoms with Gasteiger partial charge in [-0.15, -0.1) is 0 Å². The lowest BCUT2D eigenvalue weighted by Gasteiger charge is -2.14. The number of hydrogen-bond acceptors (Lipinski definition) is 4. The van der Waals surface area contributed by atoms with E-state index in [2.05, 4.69) is 4.18 Å².